The molecule has 0 saturated heterocycles. The molecule has 132 valence electrons. The molecule has 1 amide bonds. The van der Waals surface area contributed by atoms with Crippen molar-refractivity contribution < 1.29 is 19.4 Å². The molecule has 0 fully saturated rings. The maximum absolute atomic E-state index is 11.9. The van der Waals surface area contributed by atoms with Crippen LogP contribution >= 0.6 is 0 Å². The van der Waals surface area contributed by atoms with E-state index in [0.29, 0.717) is 25.3 Å². The van der Waals surface area contributed by atoms with E-state index in [4.69, 9.17) is 9.84 Å². The number of carboxylic acids is 1. The third kappa shape index (κ3) is 7.18. The third-order valence-corrected chi connectivity index (χ3v) is 3.70. The molecule has 0 aliphatic carbocycles. The number of benzene rings is 2. The van der Waals surface area contributed by atoms with Crippen molar-refractivity contribution in [1.29, 1.82) is 0 Å². The minimum absolute atomic E-state index is 0.119. The summed E-state index contributed by atoms with van der Waals surface area (Å²) in [5, 5.41) is 11.8. The number of rotatable bonds is 10. The van der Waals surface area contributed by atoms with E-state index in [2.05, 4.69) is 17.4 Å². The van der Waals surface area contributed by atoms with Crippen molar-refractivity contribution in [3.05, 3.63) is 71.3 Å². The van der Waals surface area contributed by atoms with E-state index < -0.39 is 5.97 Å². The van der Waals surface area contributed by atoms with E-state index in [1.807, 2.05) is 18.2 Å². The number of hydrogen-bond acceptors (Lipinski definition) is 3. The number of carbonyl (C=O) groups is 2. The highest BCUT2D eigenvalue weighted by Crippen LogP contribution is 2.06. The van der Waals surface area contributed by atoms with Gasteiger partial charge < -0.3 is 15.2 Å². The summed E-state index contributed by atoms with van der Waals surface area (Å²) in [6, 6.07) is 16.6. The van der Waals surface area contributed by atoms with Gasteiger partial charge in [-0.25, -0.2) is 4.79 Å². The molecule has 2 N–H and O–H groups in total. The summed E-state index contributed by atoms with van der Waals surface area (Å²) >= 11 is 0. The van der Waals surface area contributed by atoms with Crippen LogP contribution in [0.15, 0.2) is 54.6 Å². The molecule has 2 rings (SSSR count). The van der Waals surface area contributed by atoms with E-state index in [9.17, 15) is 9.59 Å². The topological polar surface area (TPSA) is 75.6 Å². The zero-order valence-electron chi connectivity index (χ0n) is 14.1. The second kappa shape index (κ2) is 10.3. The highest BCUT2D eigenvalue weighted by molar-refractivity contribution is 5.88. The molecule has 0 atom stereocenters. The summed E-state index contributed by atoms with van der Waals surface area (Å²) in [6.07, 6.45) is 1.80. The van der Waals surface area contributed by atoms with E-state index in [-0.39, 0.29) is 17.9 Å². The first kappa shape index (κ1) is 18.7. The monoisotopic (exact) mass is 341 g/mol. The first-order valence-electron chi connectivity index (χ1n) is 8.36. The fourth-order valence-electron chi connectivity index (χ4n) is 2.40. The maximum Gasteiger partial charge on any atom is 0.335 e. The van der Waals surface area contributed by atoms with Crippen LogP contribution in [-0.4, -0.2) is 36.7 Å². The first-order chi connectivity index (χ1) is 12.1. The molecule has 0 aliphatic heterocycles. The predicted octanol–water partition coefficient (Wildman–Crippen LogP) is 2.69. The molecule has 25 heavy (non-hydrogen) atoms. The Bertz CT molecular complexity index is 685. The lowest BCUT2D eigenvalue weighted by atomic mass is 10.1. The third-order valence-electron chi connectivity index (χ3n) is 3.70. The lowest BCUT2D eigenvalue weighted by Gasteiger charge is -2.07. The van der Waals surface area contributed by atoms with Gasteiger partial charge in [0.05, 0.1) is 18.6 Å². The van der Waals surface area contributed by atoms with Crippen LogP contribution in [0.4, 0.5) is 0 Å². The molecule has 0 bridgehead atoms. The van der Waals surface area contributed by atoms with Gasteiger partial charge in [-0.05, 0) is 36.1 Å². The Hall–Kier alpha value is -2.66. The summed E-state index contributed by atoms with van der Waals surface area (Å²) < 4.78 is 5.56. The molecule has 0 heterocycles. The Morgan fingerprint density at radius 2 is 1.72 bits per heavy atom. The Morgan fingerprint density at radius 1 is 0.960 bits per heavy atom. The van der Waals surface area contributed by atoms with Crippen LogP contribution in [0.2, 0.25) is 0 Å². The number of carbonyl (C=O) groups excluding carboxylic acids is 1. The summed E-state index contributed by atoms with van der Waals surface area (Å²) in [5.41, 5.74) is 2.13. The average molecular weight is 341 g/mol. The van der Waals surface area contributed by atoms with Crippen molar-refractivity contribution in [2.24, 2.45) is 0 Å². The van der Waals surface area contributed by atoms with Crippen LogP contribution in [0, 0.1) is 0 Å². The zero-order valence-corrected chi connectivity index (χ0v) is 14.1. The van der Waals surface area contributed by atoms with Crippen LogP contribution in [0.5, 0.6) is 0 Å². The normalized spacial score (nSPS) is 10.4. The van der Waals surface area contributed by atoms with E-state index in [1.54, 1.807) is 12.1 Å². The van der Waals surface area contributed by atoms with Crippen molar-refractivity contribution in [2.75, 3.05) is 19.8 Å². The number of nitrogens with one attached hydrogen (secondary N) is 1. The van der Waals surface area contributed by atoms with Crippen LogP contribution in [0.3, 0.4) is 0 Å². The lowest BCUT2D eigenvalue weighted by Crippen LogP contribution is -2.27. The number of amides is 1. The molecule has 0 aromatic heterocycles. The number of carboxylic acid groups (broad SMARTS) is 1. The predicted molar refractivity (Wildman–Crippen MR) is 95.7 cm³/mol. The van der Waals surface area contributed by atoms with E-state index in [0.717, 1.165) is 12.8 Å². The van der Waals surface area contributed by atoms with Crippen LogP contribution in [-0.2, 0) is 22.4 Å². The summed E-state index contributed by atoms with van der Waals surface area (Å²) in [6.45, 7) is 1.81. The van der Waals surface area contributed by atoms with Gasteiger partial charge in [0.2, 0.25) is 5.91 Å². The Kier molecular flexibility index (Phi) is 7.66. The van der Waals surface area contributed by atoms with Gasteiger partial charge in [0, 0.05) is 13.2 Å². The molecule has 2 aromatic carbocycles. The van der Waals surface area contributed by atoms with Crippen molar-refractivity contribution in [3.63, 3.8) is 0 Å². The maximum atomic E-state index is 11.9. The van der Waals surface area contributed by atoms with Crippen molar-refractivity contribution >= 4 is 11.9 Å². The first-order valence-corrected chi connectivity index (χ1v) is 8.36. The molecule has 0 aliphatic rings. The van der Waals surface area contributed by atoms with Crippen LogP contribution in [0.25, 0.3) is 0 Å². The molecule has 5 heteroatoms. The zero-order chi connectivity index (χ0) is 17.9. The second-order valence-corrected chi connectivity index (χ2v) is 5.73. The molecule has 0 spiro atoms. The summed E-state index contributed by atoms with van der Waals surface area (Å²) in [7, 11) is 0. The Balaban J connectivity index is 1.56. The molecular weight excluding hydrogens is 318 g/mol. The highest BCUT2D eigenvalue weighted by atomic mass is 16.5. The molecular formula is C20H23NO4. The van der Waals surface area contributed by atoms with Gasteiger partial charge in [-0.15, -0.1) is 0 Å². The Labute approximate surface area is 147 Å². The van der Waals surface area contributed by atoms with Crippen molar-refractivity contribution in [2.45, 2.75) is 19.3 Å². The fraction of sp³-hybridized carbons (Fsp3) is 0.300. The molecule has 5 nitrogen and oxygen atoms in total. The quantitative estimate of drug-likeness (QED) is 0.652. The van der Waals surface area contributed by atoms with Gasteiger partial charge >= 0.3 is 5.97 Å². The second-order valence-electron chi connectivity index (χ2n) is 5.73. The lowest BCUT2D eigenvalue weighted by molar-refractivity contribution is -0.120. The van der Waals surface area contributed by atoms with E-state index in [1.165, 1.54) is 17.7 Å². The van der Waals surface area contributed by atoms with Crippen molar-refractivity contribution in [1.82, 2.24) is 5.32 Å². The minimum atomic E-state index is -0.991. The van der Waals surface area contributed by atoms with E-state index >= 15 is 0 Å². The van der Waals surface area contributed by atoms with Gasteiger partial charge in [0.15, 0.2) is 0 Å². The van der Waals surface area contributed by atoms with Gasteiger partial charge in [-0.1, -0.05) is 42.5 Å². The Morgan fingerprint density at radius 3 is 2.48 bits per heavy atom. The largest absolute Gasteiger partial charge is 0.478 e. The SMILES string of the molecule is O=C(Cc1cccc(C(=O)O)c1)NCCCOCCc1ccccc1. The molecule has 0 unspecified atom stereocenters. The number of hydrogen-bond donors (Lipinski definition) is 2. The smallest absolute Gasteiger partial charge is 0.335 e. The molecule has 0 saturated carbocycles. The fourth-order valence-corrected chi connectivity index (χ4v) is 2.40. The number of ether oxygens (including phenoxy) is 1. The highest BCUT2D eigenvalue weighted by Gasteiger charge is 2.06. The van der Waals surface area contributed by atoms with Gasteiger partial charge in [-0.3, -0.25) is 4.79 Å². The average Bonchev–Trinajstić information content (AvgIpc) is 2.62. The van der Waals surface area contributed by atoms with Gasteiger partial charge in [-0.2, -0.15) is 0 Å². The number of aromatic carboxylic acids is 1. The summed E-state index contributed by atoms with van der Waals surface area (Å²) in [5.74, 6) is -1.11. The summed E-state index contributed by atoms with van der Waals surface area (Å²) in [4.78, 5) is 22.8. The van der Waals surface area contributed by atoms with Crippen molar-refractivity contribution in [3.8, 4) is 0 Å². The minimum Gasteiger partial charge on any atom is -0.478 e. The van der Waals surface area contributed by atoms with Crippen LogP contribution < -0.4 is 5.32 Å². The molecule has 2 aromatic rings. The van der Waals surface area contributed by atoms with Gasteiger partial charge in [0.1, 0.15) is 0 Å². The molecule has 0 radical (unpaired) electrons. The van der Waals surface area contributed by atoms with Crippen LogP contribution in [0.1, 0.15) is 27.9 Å². The van der Waals surface area contributed by atoms with Gasteiger partial charge in [0.25, 0.3) is 0 Å². The standard InChI is InChI=1S/C20H23NO4/c22-19(15-17-8-4-9-18(14-17)20(23)24)21-11-5-12-25-13-10-16-6-2-1-3-7-16/h1-4,6-9,14H,5,10-13,15H2,(H,21,22)(H,23,24).